The van der Waals surface area contributed by atoms with E-state index in [1.54, 1.807) is 30.3 Å². The number of benzene rings is 2. The fraction of sp³-hybridized carbons (Fsp3) is 0.0556. The van der Waals surface area contributed by atoms with Gasteiger partial charge in [-0.25, -0.2) is 0 Å². The molecule has 3 nitrogen and oxygen atoms in total. The summed E-state index contributed by atoms with van der Waals surface area (Å²) in [7, 11) is 0. The summed E-state index contributed by atoms with van der Waals surface area (Å²) in [6, 6.07) is 11.0. The Morgan fingerprint density at radius 3 is 2.31 bits per heavy atom. The minimum atomic E-state index is -4.51. The smallest absolute Gasteiger partial charge is 0.298 e. The number of carbonyl (C=O) groups excluding carboxylic acids is 2. The topological polar surface area (TPSA) is 37.4 Å². The highest BCUT2D eigenvalue weighted by atomic mass is 32.2. The van der Waals surface area contributed by atoms with Crippen molar-refractivity contribution in [2.75, 3.05) is 4.90 Å². The van der Waals surface area contributed by atoms with Crippen LogP contribution in [0.15, 0.2) is 53.4 Å². The molecule has 132 valence electrons. The average Bonchev–Trinajstić information content (AvgIpc) is 2.88. The summed E-state index contributed by atoms with van der Waals surface area (Å²) in [6.45, 7) is 0. The number of thioether (sulfide) groups is 1. The summed E-state index contributed by atoms with van der Waals surface area (Å²) in [4.78, 5) is 24.7. The first kappa shape index (κ1) is 18.3. The number of thiocarbonyl (C=S) groups is 1. The van der Waals surface area contributed by atoms with Gasteiger partial charge in [-0.1, -0.05) is 54.3 Å². The minimum absolute atomic E-state index is 0.0713. The molecule has 0 radical (unpaired) electrons. The summed E-state index contributed by atoms with van der Waals surface area (Å²) in [6.07, 6.45) is -2.22. The lowest BCUT2D eigenvalue weighted by molar-refractivity contribution is -0.137. The van der Waals surface area contributed by atoms with E-state index < -0.39 is 17.6 Å². The average molecular weight is 393 g/mol. The zero-order chi connectivity index (χ0) is 18.9. The molecule has 1 fully saturated rings. The van der Waals surface area contributed by atoms with E-state index in [9.17, 15) is 22.8 Å². The molecule has 0 atom stereocenters. The van der Waals surface area contributed by atoms with Gasteiger partial charge in [-0.05, 0) is 29.8 Å². The van der Waals surface area contributed by atoms with Crippen LogP contribution in [0.4, 0.5) is 18.9 Å². The lowest BCUT2D eigenvalue weighted by atomic mass is 10.1. The van der Waals surface area contributed by atoms with Gasteiger partial charge >= 0.3 is 6.18 Å². The number of hydrogen-bond acceptors (Lipinski definition) is 4. The Morgan fingerprint density at radius 2 is 1.69 bits per heavy atom. The van der Waals surface area contributed by atoms with Gasteiger partial charge in [0.25, 0.3) is 5.91 Å². The molecule has 0 aromatic heterocycles. The second kappa shape index (κ2) is 7.05. The Labute approximate surface area is 156 Å². The molecule has 3 rings (SSSR count). The Balaban J connectivity index is 1.91. The van der Waals surface area contributed by atoms with Gasteiger partial charge in [0.2, 0.25) is 0 Å². The van der Waals surface area contributed by atoms with Crippen LogP contribution >= 0.6 is 24.0 Å². The van der Waals surface area contributed by atoms with Crippen molar-refractivity contribution in [3.05, 3.63) is 70.1 Å². The van der Waals surface area contributed by atoms with Gasteiger partial charge in [-0.2, -0.15) is 13.2 Å². The fourth-order valence-electron chi connectivity index (χ4n) is 2.33. The molecule has 0 N–H and O–H groups in total. The van der Waals surface area contributed by atoms with E-state index in [1.807, 2.05) is 0 Å². The van der Waals surface area contributed by atoms with Crippen molar-refractivity contribution in [2.45, 2.75) is 6.18 Å². The Morgan fingerprint density at radius 1 is 1.04 bits per heavy atom. The maximum Gasteiger partial charge on any atom is 0.416 e. The van der Waals surface area contributed by atoms with Crippen LogP contribution in [0, 0.1) is 0 Å². The number of hydrogen-bond donors (Lipinski definition) is 0. The molecule has 1 saturated heterocycles. The molecule has 0 aliphatic carbocycles. The number of alkyl halides is 3. The quantitative estimate of drug-likeness (QED) is 0.421. The Bertz CT molecular complexity index is 921. The molecule has 0 bridgehead atoms. The van der Waals surface area contributed by atoms with Crippen molar-refractivity contribution >= 4 is 52.3 Å². The van der Waals surface area contributed by atoms with Crippen molar-refractivity contribution in [1.82, 2.24) is 0 Å². The normalized spacial score (nSPS) is 16.4. The Hall–Kier alpha value is -2.45. The molecule has 0 unspecified atom stereocenters. The van der Waals surface area contributed by atoms with E-state index in [4.69, 9.17) is 12.2 Å². The van der Waals surface area contributed by atoms with E-state index in [2.05, 4.69) is 0 Å². The number of anilines is 1. The first-order valence-electron chi connectivity index (χ1n) is 7.30. The van der Waals surface area contributed by atoms with Crippen LogP contribution in [-0.2, 0) is 11.0 Å². The number of carbonyl (C=O) groups is 2. The van der Waals surface area contributed by atoms with Crippen LogP contribution in [-0.4, -0.2) is 16.5 Å². The largest absolute Gasteiger partial charge is 0.416 e. The van der Waals surface area contributed by atoms with Crippen molar-refractivity contribution in [1.29, 1.82) is 0 Å². The third kappa shape index (κ3) is 3.71. The van der Waals surface area contributed by atoms with Crippen molar-refractivity contribution in [2.24, 2.45) is 0 Å². The summed E-state index contributed by atoms with van der Waals surface area (Å²) in [5.41, 5.74) is 0.401. The highest BCUT2D eigenvalue weighted by Gasteiger charge is 2.36. The van der Waals surface area contributed by atoms with E-state index in [0.717, 1.165) is 28.8 Å². The number of nitrogens with zero attached hydrogens (tertiary/aromatic N) is 1. The fourth-order valence-corrected chi connectivity index (χ4v) is 3.63. The van der Waals surface area contributed by atoms with Crippen LogP contribution in [0.25, 0.3) is 6.08 Å². The van der Waals surface area contributed by atoms with Crippen LogP contribution in [0.2, 0.25) is 0 Å². The molecule has 1 heterocycles. The number of rotatable bonds is 3. The number of halogens is 3. The minimum Gasteiger partial charge on any atom is -0.298 e. The summed E-state index contributed by atoms with van der Waals surface area (Å²) in [5.74, 6) is -0.487. The molecule has 0 spiro atoms. The third-order valence-electron chi connectivity index (χ3n) is 3.60. The van der Waals surface area contributed by atoms with Crippen molar-refractivity contribution < 1.29 is 22.8 Å². The molecular weight excluding hydrogens is 383 g/mol. The molecule has 1 aliphatic heterocycles. The third-order valence-corrected chi connectivity index (χ3v) is 4.90. The first-order valence-corrected chi connectivity index (χ1v) is 8.52. The molecule has 2 aromatic carbocycles. The number of aldehydes is 1. The second-order valence-corrected chi connectivity index (χ2v) is 7.03. The van der Waals surface area contributed by atoms with Gasteiger partial charge in [-0.15, -0.1) is 0 Å². The van der Waals surface area contributed by atoms with Crippen LogP contribution < -0.4 is 4.90 Å². The van der Waals surface area contributed by atoms with E-state index in [0.29, 0.717) is 22.3 Å². The Kier molecular flexibility index (Phi) is 4.97. The summed E-state index contributed by atoms with van der Waals surface area (Å²) < 4.78 is 38.8. The van der Waals surface area contributed by atoms with Gasteiger partial charge in [0, 0.05) is 5.56 Å². The highest BCUT2D eigenvalue weighted by Crippen LogP contribution is 2.38. The molecule has 8 heteroatoms. The van der Waals surface area contributed by atoms with Gasteiger partial charge in [-0.3, -0.25) is 14.5 Å². The number of amides is 1. The molecule has 0 saturated carbocycles. The van der Waals surface area contributed by atoms with Crippen molar-refractivity contribution in [3.8, 4) is 0 Å². The van der Waals surface area contributed by atoms with Crippen LogP contribution in [0.3, 0.4) is 0 Å². The lowest BCUT2D eigenvalue weighted by Gasteiger charge is -2.16. The maximum absolute atomic E-state index is 12.9. The molecule has 26 heavy (non-hydrogen) atoms. The lowest BCUT2D eigenvalue weighted by Crippen LogP contribution is -2.27. The second-order valence-electron chi connectivity index (χ2n) is 5.35. The molecule has 2 aromatic rings. The van der Waals surface area contributed by atoms with E-state index in [1.165, 1.54) is 12.1 Å². The predicted molar refractivity (Wildman–Crippen MR) is 98.9 cm³/mol. The van der Waals surface area contributed by atoms with E-state index >= 15 is 0 Å². The van der Waals surface area contributed by atoms with Crippen molar-refractivity contribution in [3.63, 3.8) is 0 Å². The standard InChI is InChI=1S/C18H10F3NO2S2/c19-18(20,21)13-2-1-3-14(9-13)22-16(24)15(26-17(22)25)8-11-4-6-12(10-23)7-5-11/h1-10H/b15-8+. The molecular formula is C18H10F3NO2S2. The molecule has 1 aliphatic rings. The van der Waals surface area contributed by atoms with Gasteiger partial charge in [0.15, 0.2) is 4.32 Å². The molecule has 1 amide bonds. The zero-order valence-electron chi connectivity index (χ0n) is 13.0. The SMILES string of the molecule is O=Cc1ccc(/C=C2/SC(=S)N(c3cccc(C(F)(F)F)c3)C2=O)cc1. The summed E-state index contributed by atoms with van der Waals surface area (Å²) >= 11 is 6.18. The van der Waals surface area contributed by atoms with E-state index in [-0.39, 0.29) is 10.0 Å². The van der Waals surface area contributed by atoms with Gasteiger partial charge < -0.3 is 0 Å². The van der Waals surface area contributed by atoms with Gasteiger partial charge in [0.1, 0.15) is 6.29 Å². The van der Waals surface area contributed by atoms with Gasteiger partial charge in [0.05, 0.1) is 16.2 Å². The predicted octanol–water partition coefficient (Wildman–Crippen LogP) is 4.92. The zero-order valence-corrected chi connectivity index (χ0v) is 14.6. The highest BCUT2D eigenvalue weighted by molar-refractivity contribution is 8.27. The van der Waals surface area contributed by atoms with Crippen LogP contribution in [0.1, 0.15) is 21.5 Å². The first-order chi connectivity index (χ1) is 12.3. The monoisotopic (exact) mass is 393 g/mol. The van der Waals surface area contributed by atoms with Crippen LogP contribution in [0.5, 0.6) is 0 Å². The maximum atomic E-state index is 12.9. The summed E-state index contributed by atoms with van der Waals surface area (Å²) in [5, 5.41) is 0.